The monoisotopic (exact) mass is 277 g/mol. The Labute approximate surface area is 110 Å². The van der Waals surface area contributed by atoms with Gasteiger partial charge >= 0.3 is 0 Å². The summed E-state index contributed by atoms with van der Waals surface area (Å²) in [7, 11) is 0. The quantitative estimate of drug-likeness (QED) is 0.662. The fourth-order valence-electron chi connectivity index (χ4n) is 1.14. The van der Waals surface area contributed by atoms with E-state index in [1.807, 2.05) is 30.3 Å². The van der Waals surface area contributed by atoms with Crippen LogP contribution in [0.4, 0.5) is 0 Å². The minimum Gasteiger partial charge on any atom is -0.342 e. The third-order valence-corrected chi connectivity index (χ3v) is 3.90. The molecule has 0 spiro atoms. The standard InChI is InChI=1S/C11H13Cl2NOS/c1-8(15)14-11(10(12)13)16-7-9-5-3-2-4-6-9/h2-6,10-11H,7H2,1H3,(H,14,15). The minimum absolute atomic E-state index is 0.128. The summed E-state index contributed by atoms with van der Waals surface area (Å²) in [6.45, 7) is 1.45. The highest BCUT2D eigenvalue weighted by atomic mass is 35.5. The Morgan fingerprint density at radius 3 is 2.50 bits per heavy atom. The molecule has 0 fully saturated rings. The first-order chi connectivity index (χ1) is 7.59. The van der Waals surface area contributed by atoms with Gasteiger partial charge in [-0.05, 0) is 5.56 Å². The summed E-state index contributed by atoms with van der Waals surface area (Å²) in [6.07, 6.45) is 0. The number of carbonyl (C=O) groups excluding carboxylic acids is 1. The Bertz CT molecular complexity index is 332. The summed E-state index contributed by atoms with van der Waals surface area (Å²) in [5.41, 5.74) is 1.18. The number of alkyl halides is 2. The molecule has 1 N–H and O–H groups in total. The first-order valence-electron chi connectivity index (χ1n) is 4.80. The zero-order valence-electron chi connectivity index (χ0n) is 8.82. The number of carbonyl (C=O) groups is 1. The van der Waals surface area contributed by atoms with Gasteiger partial charge in [-0.3, -0.25) is 4.79 Å². The van der Waals surface area contributed by atoms with E-state index in [0.717, 1.165) is 5.75 Å². The molecule has 1 rings (SSSR count). The first kappa shape index (κ1) is 13.7. The van der Waals surface area contributed by atoms with Crippen LogP contribution < -0.4 is 5.32 Å². The minimum atomic E-state index is -0.613. The van der Waals surface area contributed by atoms with Crippen molar-refractivity contribution in [1.82, 2.24) is 5.32 Å². The van der Waals surface area contributed by atoms with Crippen LogP contribution in [0.15, 0.2) is 30.3 Å². The van der Waals surface area contributed by atoms with Crippen LogP contribution in [0.5, 0.6) is 0 Å². The van der Waals surface area contributed by atoms with Crippen molar-refractivity contribution < 1.29 is 4.79 Å². The fourth-order valence-corrected chi connectivity index (χ4v) is 2.66. The van der Waals surface area contributed by atoms with Crippen LogP contribution in [-0.2, 0) is 10.5 Å². The van der Waals surface area contributed by atoms with Gasteiger partial charge in [0.15, 0.2) is 0 Å². The zero-order chi connectivity index (χ0) is 12.0. The molecular weight excluding hydrogens is 265 g/mol. The molecule has 5 heteroatoms. The van der Waals surface area contributed by atoms with E-state index in [0.29, 0.717) is 0 Å². The average Bonchev–Trinajstić information content (AvgIpc) is 2.25. The Morgan fingerprint density at radius 1 is 1.38 bits per heavy atom. The molecule has 0 aromatic heterocycles. The topological polar surface area (TPSA) is 29.1 Å². The molecule has 0 radical (unpaired) electrons. The van der Waals surface area contributed by atoms with Crippen molar-refractivity contribution in [2.24, 2.45) is 0 Å². The second kappa shape index (κ2) is 7.05. The predicted molar refractivity (Wildman–Crippen MR) is 70.8 cm³/mol. The molecule has 0 heterocycles. The number of amides is 1. The summed E-state index contributed by atoms with van der Waals surface area (Å²) in [5, 5.41) is 2.43. The maximum absolute atomic E-state index is 10.9. The van der Waals surface area contributed by atoms with E-state index in [-0.39, 0.29) is 11.3 Å². The highest BCUT2D eigenvalue weighted by Crippen LogP contribution is 2.23. The molecule has 1 unspecified atom stereocenters. The van der Waals surface area contributed by atoms with Gasteiger partial charge < -0.3 is 5.32 Å². The SMILES string of the molecule is CC(=O)NC(SCc1ccccc1)C(Cl)Cl. The van der Waals surface area contributed by atoms with Gasteiger partial charge in [0.2, 0.25) is 5.91 Å². The molecule has 88 valence electrons. The van der Waals surface area contributed by atoms with Crippen LogP contribution in [0.3, 0.4) is 0 Å². The summed E-state index contributed by atoms with van der Waals surface area (Å²) in [4.78, 5) is 10.3. The van der Waals surface area contributed by atoms with Crippen molar-refractivity contribution in [2.75, 3.05) is 0 Å². The smallest absolute Gasteiger partial charge is 0.217 e. The molecular formula is C11H13Cl2NOS. The van der Waals surface area contributed by atoms with Crippen LogP contribution in [0.2, 0.25) is 0 Å². The highest BCUT2D eigenvalue weighted by Gasteiger charge is 2.18. The second-order valence-electron chi connectivity index (χ2n) is 3.25. The third-order valence-electron chi connectivity index (χ3n) is 1.85. The van der Waals surface area contributed by atoms with E-state index in [9.17, 15) is 4.79 Å². The maximum atomic E-state index is 10.9. The van der Waals surface area contributed by atoms with Crippen LogP contribution in [-0.4, -0.2) is 16.1 Å². The van der Waals surface area contributed by atoms with Gasteiger partial charge in [0.25, 0.3) is 0 Å². The lowest BCUT2D eigenvalue weighted by molar-refractivity contribution is -0.119. The summed E-state index contributed by atoms with van der Waals surface area (Å²) in [5.74, 6) is 0.638. The largest absolute Gasteiger partial charge is 0.342 e. The first-order valence-corrected chi connectivity index (χ1v) is 6.72. The number of benzene rings is 1. The number of rotatable bonds is 5. The summed E-state index contributed by atoms with van der Waals surface area (Å²) >= 11 is 13.1. The van der Waals surface area contributed by atoms with Gasteiger partial charge in [0, 0.05) is 12.7 Å². The Balaban J connectivity index is 2.47. The lowest BCUT2D eigenvalue weighted by Crippen LogP contribution is -2.35. The normalized spacial score (nSPS) is 12.5. The van der Waals surface area contributed by atoms with Gasteiger partial charge in [-0.1, -0.05) is 30.3 Å². The molecule has 0 aliphatic carbocycles. The summed E-state index contributed by atoms with van der Waals surface area (Å²) in [6, 6.07) is 9.96. The Kier molecular flexibility index (Phi) is 6.03. The third kappa shape index (κ3) is 5.10. The van der Waals surface area contributed by atoms with Crippen LogP contribution >= 0.6 is 35.0 Å². The Hall–Kier alpha value is -0.380. The van der Waals surface area contributed by atoms with Crippen molar-refractivity contribution in [3.05, 3.63) is 35.9 Å². The lowest BCUT2D eigenvalue weighted by Gasteiger charge is -2.18. The van der Waals surface area contributed by atoms with E-state index in [2.05, 4.69) is 5.32 Å². The van der Waals surface area contributed by atoms with E-state index in [1.54, 1.807) is 0 Å². The van der Waals surface area contributed by atoms with Crippen molar-refractivity contribution in [1.29, 1.82) is 0 Å². The second-order valence-corrected chi connectivity index (χ2v) is 5.55. The number of nitrogens with one attached hydrogen (secondary N) is 1. The van der Waals surface area contributed by atoms with Gasteiger partial charge in [0.05, 0.1) is 0 Å². The molecule has 1 aromatic rings. The number of halogens is 2. The molecule has 1 atom stereocenters. The fraction of sp³-hybridized carbons (Fsp3) is 0.364. The van der Waals surface area contributed by atoms with Crippen molar-refractivity contribution in [2.45, 2.75) is 22.9 Å². The maximum Gasteiger partial charge on any atom is 0.217 e. The van der Waals surface area contributed by atoms with E-state index >= 15 is 0 Å². The van der Waals surface area contributed by atoms with Gasteiger partial charge in [-0.25, -0.2) is 0 Å². The van der Waals surface area contributed by atoms with Gasteiger partial charge in [-0.15, -0.1) is 35.0 Å². The molecule has 1 aromatic carbocycles. The van der Waals surface area contributed by atoms with E-state index < -0.39 is 4.84 Å². The molecule has 0 aliphatic rings. The Morgan fingerprint density at radius 2 is 2.00 bits per heavy atom. The van der Waals surface area contributed by atoms with Crippen LogP contribution in [0.25, 0.3) is 0 Å². The molecule has 0 bridgehead atoms. The molecule has 1 amide bonds. The zero-order valence-corrected chi connectivity index (χ0v) is 11.1. The molecule has 2 nitrogen and oxygen atoms in total. The lowest BCUT2D eigenvalue weighted by atomic mass is 10.2. The van der Waals surface area contributed by atoms with Crippen molar-refractivity contribution in [3.63, 3.8) is 0 Å². The number of hydrogen-bond donors (Lipinski definition) is 1. The average molecular weight is 278 g/mol. The predicted octanol–water partition coefficient (Wildman–Crippen LogP) is 3.19. The van der Waals surface area contributed by atoms with Crippen LogP contribution in [0.1, 0.15) is 12.5 Å². The van der Waals surface area contributed by atoms with E-state index in [4.69, 9.17) is 23.2 Å². The molecule has 16 heavy (non-hydrogen) atoms. The van der Waals surface area contributed by atoms with Gasteiger partial charge in [-0.2, -0.15) is 0 Å². The summed E-state index contributed by atoms with van der Waals surface area (Å²) < 4.78 is 0. The highest BCUT2D eigenvalue weighted by molar-refractivity contribution is 7.99. The molecule has 0 aliphatic heterocycles. The van der Waals surface area contributed by atoms with Crippen molar-refractivity contribution >= 4 is 40.9 Å². The van der Waals surface area contributed by atoms with Crippen LogP contribution in [0, 0.1) is 0 Å². The van der Waals surface area contributed by atoms with Crippen molar-refractivity contribution in [3.8, 4) is 0 Å². The molecule has 0 saturated carbocycles. The number of thioether (sulfide) groups is 1. The van der Waals surface area contributed by atoms with Gasteiger partial charge in [0.1, 0.15) is 10.2 Å². The van der Waals surface area contributed by atoms with E-state index in [1.165, 1.54) is 24.2 Å². The number of hydrogen-bond acceptors (Lipinski definition) is 2. The molecule has 0 saturated heterocycles.